The first-order chi connectivity index (χ1) is 16.5. The summed E-state index contributed by atoms with van der Waals surface area (Å²) in [7, 11) is 0. The standard InChI is InChI=1S/C28H31N5O/c1-4-33-26(30-31-32-33)21-9-11-22(12-10-21)28(3,27(2)17-7-18-27)23-13-15-25(16-14-23)34-20-24-8-5-6-19-29-24/h5-6,8-16,19H,4,7,17-18,20H2,1-3H3. The van der Waals surface area contributed by atoms with Gasteiger partial charge in [0.1, 0.15) is 12.4 Å². The van der Waals surface area contributed by atoms with Crippen LogP contribution >= 0.6 is 0 Å². The van der Waals surface area contributed by atoms with Gasteiger partial charge in [0, 0.05) is 23.7 Å². The number of hydrogen-bond acceptors (Lipinski definition) is 5. The van der Waals surface area contributed by atoms with Crippen molar-refractivity contribution in [3.63, 3.8) is 0 Å². The maximum atomic E-state index is 5.99. The lowest BCUT2D eigenvalue weighted by atomic mass is 9.50. The summed E-state index contributed by atoms with van der Waals surface area (Å²) in [6, 6.07) is 23.3. The number of rotatable bonds is 8. The molecule has 6 nitrogen and oxygen atoms in total. The number of aromatic nitrogens is 5. The minimum Gasteiger partial charge on any atom is -0.487 e. The Bertz CT molecular complexity index is 1230. The van der Waals surface area contributed by atoms with E-state index in [9.17, 15) is 0 Å². The van der Waals surface area contributed by atoms with Crippen molar-refractivity contribution in [3.8, 4) is 17.1 Å². The Morgan fingerprint density at radius 3 is 2.26 bits per heavy atom. The summed E-state index contributed by atoms with van der Waals surface area (Å²) >= 11 is 0. The van der Waals surface area contributed by atoms with Gasteiger partial charge >= 0.3 is 0 Å². The molecule has 0 saturated heterocycles. The summed E-state index contributed by atoms with van der Waals surface area (Å²) in [5.41, 5.74) is 4.68. The number of aryl methyl sites for hydroxylation is 1. The summed E-state index contributed by atoms with van der Waals surface area (Å²) in [6.45, 7) is 8.07. The maximum absolute atomic E-state index is 5.99. The van der Waals surface area contributed by atoms with E-state index in [1.54, 1.807) is 6.20 Å². The number of hydrogen-bond donors (Lipinski definition) is 0. The third-order valence-corrected chi connectivity index (χ3v) is 7.76. The predicted octanol–water partition coefficient (Wildman–Crippen LogP) is 5.83. The number of nitrogens with zero attached hydrogens (tertiary/aromatic N) is 5. The summed E-state index contributed by atoms with van der Waals surface area (Å²) in [4.78, 5) is 4.34. The van der Waals surface area contributed by atoms with Crippen molar-refractivity contribution in [1.29, 1.82) is 0 Å². The third-order valence-electron chi connectivity index (χ3n) is 7.76. The van der Waals surface area contributed by atoms with Crippen molar-refractivity contribution in [3.05, 3.63) is 89.7 Å². The van der Waals surface area contributed by atoms with E-state index in [2.05, 4.69) is 82.9 Å². The molecule has 0 N–H and O–H groups in total. The van der Waals surface area contributed by atoms with Crippen molar-refractivity contribution < 1.29 is 4.74 Å². The lowest BCUT2D eigenvalue weighted by Crippen LogP contribution is -2.47. The van der Waals surface area contributed by atoms with E-state index in [4.69, 9.17) is 4.74 Å². The van der Waals surface area contributed by atoms with Gasteiger partial charge in [0.25, 0.3) is 0 Å². The minimum atomic E-state index is -0.111. The van der Waals surface area contributed by atoms with Crippen LogP contribution in [0.1, 0.15) is 56.9 Å². The summed E-state index contributed by atoms with van der Waals surface area (Å²) in [5, 5.41) is 12.1. The molecule has 1 atom stereocenters. The van der Waals surface area contributed by atoms with E-state index in [1.807, 2.05) is 29.8 Å². The van der Waals surface area contributed by atoms with Crippen molar-refractivity contribution >= 4 is 0 Å². The van der Waals surface area contributed by atoms with Crippen molar-refractivity contribution in [2.24, 2.45) is 5.41 Å². The second-order valence-electron chi connectivity index (χ2n) is 9.57. The second kappa shape index (κ2) is 9.01. The molecule has 5 rings (SSSR count). The topological polar surface area (TPSA) is 65.7 Å². The third kappa shape index (κ3) is 3.87. The first-order valence-electron chi connectivity index (χ1n) is 12.0. The molecule has 0 spiro atoms. The van der Waals surface area contributed by atoms with Crippen LogP contribution in [0.15, 0.2) is 72.9 Å². The fourth-order valence-electron chi connectivity index (χ4n) is 5.17. The van der Waals surface area contributed by atoms with Crippen LogP contribution < -0.4 is 4.74 Å². The Morgan fingerprint density at radius 2 is 1.68 bits per heavy atom. The lowest BCUT2D eigenvalue weighted by molar-refractivity contribution is 0.0751. The first-order valence-corrected chi connectivity index (χ1v) is 12.0. The Kier molecular flexibility index (Phi) is 5.90. The molecule has 6 heteroatoms. The zero-order valence-corrected chi connectivity index (χ0v) is 20.1. The number of benzene rings is 2. The molecule has 2 heterocycles. The molecule has 1 fully saturated rings. The highest BCUT2D eigenvalue weighted by Gasteiger charge is 2.50. The summed E-state index contributed by atoms with van der Waals surface area (Å²) < 4.78 is 7.81. The fourth-order valence-corrected chi connectivity index (χ4v) is 5.17. The Balaban J connectivity index is 1.43. The SMILES string of the molecule is CCn1nnnc1-c1ccc(C(C)(c2ccc(OCc3ccccn3)cc2)C2(C)CCC2)cc1. The number of ether oxygens (including phenoxy) is 1. The molecular formula is C28H31N5O. The van der Waals surface area contributed by atoms with Gasteiger partial charge in [-0.1, -0.05) is 62.7 Å². The molecule has 2 aromatic carbocycles. The monoisotopic (exact) mass is 453 g/mol. The largest absolute Gasteiger partial charge is 0.487 e. The number of pyridine rings is 1. The van der Waals surface area contributed by atoms with Gasteiger partial charge in [-0.15, -0.1) is 5.10 Å². The molecule has 34 heavy (non-hydrogen) atoms. The van der Waals surface area contributed by atoms with Gasteiger partial charge in [-0.3, -0.25) is 4.98 Å². The van der Waals surface area contributed by atoms with E-state index < -0.39 is 0 Å². The Labute approximate surface area is 201 Å². The fraction of sp³-hybridized carbons (Fsp3) is 0.357. The van der Waals surface area contributed by atoms with Gasteiger partial charge in [0.05, 0.1) is 5.69 Å². The molecule has 4 aromatic rings. The molecule has 2 aromatic heterocycles. The molecule has 0 amide bonds. The van der Waals surface area contributed by atoms with Gasteiger partial charge in [-0.2, -0.15) is 0 Å². The van der Waals surface area contributed by atoms with Crippen LogP contribution in [-0.4, -0.2) is 25.2 Å². The van der Waals surface area contributed by atoms with Gasteiger partial charge in [-0.05, 0) is 71.0 Å². The molecule has 1 aliphatic rings. The minimum absolute atomic E-state index is 0.111. The molecule has 0 radical (unpaired) electrons. The van der Waals surface area contributed by atoms with Crippen LogP contribution in [-0.2, 0) is 18.6 Å². The molecular weight excluding hydrogens is 422 g/mol. The normalized spacial score (nSPS) is 16.4. The number of tetrazole rings is 1. The van der Waals surface area contributed by atoms with Gasteiger partial charge in [0.2, 0.25) is 0 Å². The molecule has 1 saturated carbocycles. The van der Waals surface area contributed by atoms with Crippen LogP contribution in [0, 0.1) is 5.41 Å². The molecule has 0 aliphatic heterocycles. The van der Waals surface area contributed by atoms with Crippen LogP contribution in [0.5, 0.6) is 5.75 Å². The Hall–Kier alpha value is -3.54. The molecule has 1 aliphatic carbocycles. The zero-order valence-electron chi connectivity index (χ0n) is 20.1. The van der Waals surface area contributed by atoms with Crippen molar-refractivity contribution in [2.75, 3.05) is 0 Å². The van der Waals surface area contributed by atoms with E-state index in [0.29, 0.717) is 6.61 Å². The molecule has 174 valence electrons. The second-order valence-corrected chi connectivity index (χ2v) is 9.57. The predicted molar refractivity (Wildman–Crippen MR) is 132 cm³/mol. The van der Waals surface area contributed by atoms with Gasteiger partial charge in [-0.25, -0.2) is 4.68 Å². The zero-order chi connectivity index (χ0) is 23.6. The van der Waals surface area contributed by atoms with E-state index in [1.165, 1.54) is 30.4 Å². The van der Waals surface area contributed by atoms with E-state index >= 15 is 0 Å². The Morgan fingerprint density at radius 1 is 0.971 bits per heavy atom. The highest BCUT2D eigenvalue weighted by molar-refractivity contribution is 5.57. The van der Waals surface area contributed by atoms with Crippen LogP contribution in [0.3, 0.4) is 0 Å². The quantitative estimate of drug-likeness (QED) is 0.336. The van der Waals surface area contributed by atoms with Crippen LogP contribution in [0.2, 0.25) is 0 Å². The molecule has 1 unspecified atom stereocenters. The highest BCUT2D eigenvalue weighted by atomic mass is 16.5. The summed E-state index contributed by atoms with van der Waals surface area (Å²) in [5.74, 6) is 1.66. The van der Waals surface area contributed by atoms with Crippen molar-refractivity contribution in [1.82, 2.24) is 25.2 Å². The average molecular weight is 454 g/mol. The lowest BCUT2D eigenvalue weighted by Gasteiger charge is -2.53. The van der Waals surface area contributed by atoms with Crippen LogP contribution in [0.25, 0.3) is 11.4 Å². The van der Waals surface area contributed by atoms with Gasteiger partial charge < -0.3 is 4.74 Å². The highest BCUT2D eigenvalue weighted by Crippen LogP contribution is 2.58. The van der Waals surface area contributed by atoms with Crippen LogP contribution in [0.4, 0.5) is 0 Å². The molecule has 0 bridgehead atoms. The summed E-state index contributed by atoms with van der Waals surface area (Å²) in [6.07, 6.45) is 5.51. The van der Waals surface area contributed by atoms with E-state index in [0.717, 1.165) is 29.4 Å². The van der Waals surface area contributed by atoms with Gasteiger partial charge in [0.15, 0.2) is 5.82 Å². The average Bonchev–Trinajstić information content (AvgIpc) is 3.35. The smallest absolute Gasteiger partial charge is 0.181 e. The maximum Gasteiger partial charge on any atom is 0.181 e. The first kappa shape index (κ1) is 22.3. The van der Waals surface area contributed by atoms with Crippen molar-refractivity contribution in [2.45, 2.75) is 58.6 Å². The van der Waals surface area contributed by atoms with E-state index in [-0.39, 0.29) is 10.8 Å².